The molecule has 168 valence electrons. The van der Waals surface area contributed by atoms with Crippen molar-refractivity contribution in [3.63, 3.8) is 0 Å². The minimum absolute atomic E-state index is 0.0719. The number of alkyl halides is 3. The molecule has 1 amide bonds. The molecule has 0 aliphatic carbocycles. The van der Waals surface area contributed by atoms with E-state index in [2.05, 4.69) is 15.7 Å². The molecule has 2 aromatic carbocycles. The number of nitrogens with one attached hydrogen (secondary N) is 2. The SMILES string of the molecule is COc1ccc([C@H]2C[C@@H](C(F)(F)F)n3nc(C(=O)Nc4cccc(Cl)c4)c(Cl)c3N2)cc1. The van der Waals surface area contributed by atoms with Crippen molar-refractivity contribution >= 4 is 40.6 Å². The number of benzene rings is 2. The molecular weight excluding hydrogens is 468 g/mol. The van der Waals surface area contributed by atoms with Gasteiger partial charge >= 0.3 is 6.18 Å². The number of ether oxygens (including phenoxy) is 1. The summed E-state index contributed by atoms with van der Waals surface area (Å²) in [7, 11) is 1.50. The molecule has 0 spiro atoms. The van der Waals surface area contributed by atoms with E-state index in [-0.39, 0.29) is 23.0 Å². The molecule has 0 saturated heterocycles. The maximum Gasteiger partial charge on any atom is 0.410 e. The highest BCUT2D eigenvalue weighted by Crippen LogP contribution is 2.46. The van der Waals surface area contributed by atoms with E-state index in [9.17, 15) is 18.0 Å². The summed E-state index contributed by atoms with van der Waals surface area (Å²) < 4.78 is 47.5. The van der Waals surface area contributed by atoms with Crippen molar-refractivity contribution in [1.29, 1.82) is 0 Å². The number of anilines is 2. The van der Waals surface area contributed by atoms with Gasteiger partial charge in [0, 0.05) is 17.1 Å². The van der Waals surface area contributed by atoms with Crippen LogP contribution in [0.4, 0.5) is 24.7 Å². The van der Waals surface area contributed by atoms with Crippen LogP contribution in [-0.4, -0.2) is 29.0 Å². The molecule has 6 nitrogen and oxygen atoms in total. The topological polar surface area (TPSA) is 68.2 Å². The Kier molecular flexibility index (Phi) is 5.96. The second-order valence-electron chi connectivity index (χ2n) is 7.18. The van der Waals surface area contributed by atoms with Crippen molar-refractivity contribution in [3.8, 4) is 5.75 Å². The normalized spacial score (nSPS) is 17.9. The Labute approximate surface area is 191 Å². The van der Waals surface area contributed by atoms with Crippen molar-refractivity contribution in [3.05, 3.63) is 69.8 Å². The lowest BCUT2D eigenvalue weighted by Crippen LogP contribution is -2.35. The fourth-order valence-corrected chi connectivity index (χ4v) is 4.00. The summed E-state index contributed by atoms with van der Waals surface area (Å²) in [6.45, 7) is 0. The number of amides is 1. The van der Waals surface area contributed by atoms with E-state index in [1.54, 1.807) is 42.5 Å². The third-order valence-corrected chi connectivity index (χ3v) is 5.70. The Bertz CT molecular complexity index is 1150. The van der Waals surface area contributed by atoms with Gasteiger partial charge in [-0.15, -0.1) is 0 Å². The Morgan fingerprint density at radius 3 is 2.56 bits per heavy atom. The Hall–Kier alpha value is -2.91. The molecule has 2 heterocycles. The van der Waals surface area contributed by atoms with Crippen molar-refractivity contribution in [2.75, 3.05) is 17.7 Å². The number of nitrogens with zero attached hydrogens (tertiary/aromatic N) is 2. The van der Waals surface area contributed by atoms with Crippen molar-refractivity contribution in [2.24, 2.45) is 0 Å². The van der Waals surface area contributed by atoms with Crippen molar-refractivity contribution < 1.29 is 22.7 Å². The first-order chi connectivity index (χ1) is 15.2. The largest absolute Gasteiger partial charge is 0.497 e. The molecule has 0 fully saturated rings. The van der Waals surface area contributed by atoms with Gasteiger partial charge in [0.15, 0.2) is 11.7 Å². The number of methoxy groups -OCH3 is 1. The second kappa shape index (κ2) is 8.55. The van der Waals surface area contributed by atoms with E-state index in [1.165, 1.54) is 13.2 Å². The van der Waals surface area contributed by atoms with Crippen molar-refractivity contribution in [1.82, 2.24) is 9.78 Å². The summed E-state index contributed by atoms with van der Waals surface area (Å²) in [6, 6.07) is 10.4. The van der Waals surface area contributed by atoms with Gasteiger partial charge in [0.25, 0.3) is 5.91 Å². The highest BCUT2D eigenvalue weighted by atomic mass is 35.5. The van der Waals surface area contributed by atoms with Gasteiger partial charge in [-0.05, 0) is 35.9 Å². The van der Waals surface area contributed by atoms with E-state index in [1.807, 2.05) is 0 Å². The minimum atomic E-state index is -4.60. The molecule has 4 rings (SSSR count). The van der Waals surface area contributed by atoms with Crippen LogP contribution in [0.25, 0.3) is 0 Å². The fraction of sp³-hybridized carbons (Fsp3) is 0.238. The van der Waals surface area contributed by atoms with Gasteiger partial charge in [-0.1, -0.05) is 41.4 Å². The standard InChI is InChI=1S/C21H17Cl2F3N4O2/c1-32-14-7-5-11(6-8-14)15-10-16(21(24,25)26)30-19(28-15)17(23)18(29-30)20(31)27-13-4-2-3-12(22)9-13/h2-9,15-16,28H,10H2,1H3,(H,27,31)/t15-,16+/m1/s1. The van der Waals surface area contributed by atoms with Crippen LogP contribution in [0, 0.1) is 0 Å². The highest BCUT2D eigenvalue weighted by Gasteiger charge is 2.47. The first-order valence-corrected chi connectivity index (χ1v) is 10.2. The first kappa shape index (κ1) is 22.3. The third kappa shape index (κ3) is 4.35. The summed E-state index contributed by atoms with van der Waals surface area (Å²) in [5, 5.41) is 9.65. The Balaban J connectivity index is 1.68. The van der Waals surface area contributed by atoms with Gasteiger partial charge in [0.1, 0.15) is 16.6 Å². The van der Waals surface area contributed by atoms with E-state index in [0.29, 0.717) is 22.0 Å². The van der Waals surface area contributed by atoms with Crippen LogP contribution in [0.3, 0.4) is 0 Å². The molecule has 0 saturated carbocycles. The molecule has 1 aliphatic heterocycles. The highest BCUT2D eigenvalue weighted by molar-refractivity contribution is 6.36. The fourth-order valence-electron chi connectivity index (χ4n) is 3.55. The number of carbonyl (C=O) groups excluding carboxylic acids is 1. The zero-order chi connectivity index (χ0) is 23.0. The van der Waals surface area contributed by atoms with Crippen LogP contribution in [0.15, 0.2) is 48.5 Å². The predicted octanol–water partition coefficient (Wildman–Crippen LogP) is 6.11. The van der Waals surface area contributed by atoms with Gasteiger partial charge in [0.05, 0.1) is 13.2 Å². The summed E-state index contributed by atoms with van der Waals surface area (Å²) in [6.07, 6.45) is -4.92. The van der Waals surface area contributed by atoms with Gasteiger partial charge in [-0.25, -0.2) is 4.68 Å². The summed E-state index contributed by atoms with van der Waals surface area (Å²) in [4.78, 5) is 12.7. The van der Waals surface area contributed by atoms with E-state index in [4.69, 9.17) is 27.9 Å². The zero-order valence-corrected chi connectivity index (χ0v) is 18.1. The molecule has 0 unspecified atom stereocenters. The van der Waals surface area contributed by atoms with Crippen molar-refractivity contribution in [2.45, 2.75) is 24.7 Å². The Morgan fingerprint density at radius 1 is 1.22 bits per heavy atom. The van der Waals surface area contributed by atoms with Gasteiger partial charge < -0.3 is 15.4 Å². The molecule has 1 aliphatic rings. The van der Waals surface area contributed by atoms with Crippen LogP contribution in [0.5, 0.6) is 5.75 Å². The third-order valence-electron chi connectivity index (χ3n) is 5.11. The summed E-state index contributed by atoms with van der Waals surface area (Å²) >= 11 is 12.2. The number of aromatic nitrogens is 2. The number of fused-ring (bicyclic) bond motifs is 1. The molecule has 0 bridgehead atoms. The molecular formula is C21H17Cl2F3N4O2. The Morgan fingerprint density at radius 2 is 1.94 bits per heavy atom. The van der Waals surface area contributed by atoms with E-state index >= 15 is 0 Å². The van der Waals surface area contributed by atoms with Gasteiger partial charge in [0.2, 0.25) is 0 Å². The smallest absolute Gasteiger partial charge is 0.410 e. The maximum atomic E-state index is 13.9. The number of rotatable bonds is 4. The average Bonchev–Trinajstić information content (AvgIpc) is 3.09. The lowest BCUT2D eigenvalue weighted by Gasteiger charge is -2.33. The predicted molar refractivity (Wildman–Crippen MR) is 116 cm³/mol. The molecule has 2 N–H and O–H groups in total. The minimum Gasteiger partial charge on any atom is -0.497 e. The van der Waals surface area contributed by atoms with E-state index in [0.717, 1.165) is 4.68 Å². The molecule has 0 radical (unpaired) electrons. The molecule has 2 atom stereocenters. The molecule has 3 aromatic rings. The number of carbonyl (C=O) groups is 1. The van der Waals surface area contributed by atoms with Gasteiger partial charge in [-0.2, -0.15) is 18.3 Å². The van der Waals surface area contributed by atoms with Crippen LogP contribution < -0.4 is 15.4 Å². The quantitative estimate of drug-likeness (QED) is 0.468. The lowest BCUT2D eigenvalue weighted by atomic mass is 9.97. The van der Waals surface area contributed by atoms with Crippen LogP contribution in [0.1, 0.15) is 34.6 Å². The molecule has 11 heteroatoms. The zero-order valence-electron chi connectivity index (χ0n) is 16.6. The first-order valence-electron chi connectivity index (χ1n) is 9.49. The number of hydrogen-bond donors (Lipinski definition) is 2. The van der Waals surface area contributed by atoms with Gasteiger partial charge in [-0.3, -0.25) is 4.79 Å². The van der Waals surface area contributed by atoms with Crippen LogP contribution in [-0.2, 0) is 0 Å². The molecule has 1 aromatic heterocycles. The monoisotopic (exact) mass is 484 g/mol. The van der Waals surface area contributed by atoms with Crippen LogP contribution in [0.2, 0.25) is 10.0 Å². The second-order valence-corrected chi connectivity index (χ2v) is 8.00. The summed E-state index contributed by atoms with van der Waals surface area (Å²) in [5.74, 6) is -0.236. The summed E-state index contributed by atoms with van der Waals surface area (Å²) in [5.41, 5.74) is 0.660. The molecule has 32 heavy (non-hydrogen) atoms. The lowest BCUT2D eigenvalue weighted by molar-refractivity contribution is -0.173. The average molecular weight is 485 g/mol. The van der Waals surface area contributed by atoms with E-state index < -0.39 is 24.2 Å². The number of hydrogen-bond acceptors (Lipinski definition) is 4. The van der Waals surface area contributed by atoms with Crippen LogP contribution >= 0.6 is 23.2 Å². The maximum absolute atomic E-state index is 13.9. The number of halogens is 5.